The van der Waals surface area contributed by atoms with Crippen LogP contribution in [-0.2, 0) is 6.54 Å². The maximum absolute atomic E-state index is 9.04. The van der Waals surface area contributed by atoms with E-state index in [-0.39, 0.29) is 0 Å². The van der Waals surface area contributed by atoms with Gasteiger partial charge in [0.2, 0.25) is 0 Å². The van der Waals surface area contributed by atoms with Crippen LogP contribution in [0.2, 0.25) is 0 Å². The normalized spacial score (nSPS) is 10.5. The summed E-state index contributed by atoms with van der Waals surface area (Å²) in [5.41, 5.74) is 9.26. The molecule has 0 unspecified atom stereocenters. The van der Waals surface area contributed by atoms with E-state index in [1.165, 1.54) is 0 Å². The van der Waals surface area contributed by atoms with Crippen molar-refractivity contribution in [1.82, 2.24) is 4.57 Å². The largest absolute Gasteiger partial charge is 0.496 e. The first-order chi connectivity index (χ1) is 10.2. The van der Waals surface area contributed by atoms with E-state index in [1.54, 1.807) is 7.11 Å². The van der Waals surface area contributed by atoms with Gasteiger partial charge in [-0.3, -0.25) is 0 Å². The maximum atomic E-state index is 9.04. The number of nitriles is 1. The molecule has 1 heterocycles. The van der Waals surface area contributed by atoms with Crippen LogP contribution in [0.25, 0.3) is 10.9 Å². The second kappa shape index (κ2) is 5.22. The summed E-state index contributed by atoms with van der Waals surface area (Å²) in [6.07, 6.45) is 2.01. The highest BCUT2D eigenvalue weighted by Gasteiger charge is 2.07. The lowest BCUT2D eigenvalue weighted by atomic mass is 10.1. The van der Waals surface area contributed by atoms with Crippen molar-refractivity contribution in [3.63, 3.8) is 0 Å². The molecule has 0 spiro atoms. The molecule has 3 rings (SSSR count). The molecule has 4 nitrogen and oxygen atoms in total. The van der Waals surface area contributed by atoms with E-state index >= 15 is 0 Å². The van der Waals surface area contributed by atoms with Crippen LogP contribution in [0.4, 0.5) is 5.69 Å². The fraction of sp³-hybridized carbons (Fsp3) is 0.118. The molecular formula is C17H15N3O. The summed E-state index contributed by atoms with van der Waals surface area (Å²) in [5.74, 6) is 0.808. The highest BCUT2D eigenvalue weighted by molar-refractivity contribution is 5.81. The predicted molar refractivity (Wildman–Crippen MR) is 83.2 cm³/mol. The first-order valence-electron chi connectivity index (χ1n) is 6.62. The van der Waals surface area contributed by atoms with Gasteiger partial charge >= 0.3 is 0 Å². The number of nitrogen functional groups attached to an aromatic ring is 1. The molecule has 21 heavy (non-hydrogen) atoms. The van der Waals surface area contributed by atoms with Gasteiger partial charge in [-0.25, -0.2) is 0 Å². The molecule has 0 saturated carbocycles. The monoisotopic (exact) mass is 277 g/mol. The molecule has 0 atom stereocenters. The van der Waals surface area contributed by atoms with Gasteiger partial charge < -0.3 is 15.0 Å². The summed E-state index contributed by atoms with van der Waals surface area (Å²) < 4.78 is 7.48. The van der Waals surface area contributed by atoms with Gasteiger partial charge in [0.05, 0.1) is 25.3 Å². The number of nitrogens with zero attached hydrogens (tertiary/aromatic N) is 2. The van der Waals surface area contributed by atoms with Gasteiger partial charge in [0, 0.05) is 23.0 Å². The van der Waals surface area contributed by atoms with Crippen LogP contribution in [0.15, 0.2) is 48.7 Å². The van der Waals surface area contributed by atoms with E-state index in [0.29, 0.717) is 17.8 Å². The molecule has 0 saturated heterocycles. The van der Waals surface area contributed by atoms with Crippen LogP contribution in [0, 0.1) is 11.3 Å². The highest BCUT2D eigenvalue weighted by Crippen LogP contribution is 2.25. The summed E-state index contributed by atoms with van der Waals surface area (Å²) in [6.45, 7) is 0.645. The van der Waals surface area contributed by atoms with Gasteiger partial charge in [-0.15, -0.1) is 0 Å². The number of nitrogens with two attached hydrogens (primary N) is 1. The SMILES string of the molecule is COc1ccc(N)cc1Cn1ccc2ccc(C#N)cc21. The summed E-state index contributed by atoms with van der Waals surface area (Å²) in [4.78, 5) is 0. The van der Waals surface area contributed by atoms with Crippen molar-refractivity contribution < 1.29 is 4.74 Å². The van der Waals surface area contributed by atoms with Gasteiger partial charge in [0.15, 0.2) is 0 Å². The predicted octanol–water partition coefficient (Wildman–Crippen LogP) is 3.15. The van der Waals surface area contributed by atoms with E-state index < -0.39 is 0 Å². The molecule has 1 aromatic heterocycles. The van der Waals surface area contributed by atoms with Gasteiger partial charge in [-0.05, 0) is 41.8 Å². The molecule has 0 amide bonds. The standard InChI is InChI=1S/C17H15N3O/c1-21-17-5-4-15(19)9-14(17)11-20-7-6-13-3-2-12(10-18)8-16(13)20/h2-9H,11,19H2,1H3. The quantitative estimate of drug-likeness (QED) is 0.748. The third kappa shape index (κ3) is 2.41. The average Bonchev–Trinajstić information content (AvgIpc) is 2.90. The lowest BCUT2D eigenvalue weighted by Crippen LogP contribution is -2.01. The minimum absolute atomic E-state index is 0.645. The van der Waals surface area contributed by atoms with Crippen molar-refractivity contribution in [3.8, 4) is 11.8 Å². The second-order valence-corrected chi connectivity index (χ2v) is 4.90. The van der Waals surface area contributed by atoms with E-state index in [0.717, 1.165) is 22.2 Å². The zero-order valence-electron chi connectivity index (χ0n) is 11.7. The Labute approximate surface area is 123 Å². The van der Waals surface area contributed by atoms with E-state index in [4.69, 9.17) is 15.7 Å². The van der Waals surface area contributed by atoms with Crippen molar-refractivity contribution in [2.75, 3.05) is 12.8 Å². The van der Waals surface area contributed by atoms with Crippen molar-refractivity contribution in [2.45, 2.75) is 6.54 Å². The first kappa shape index (κ1) is 13.1. The summed E-state index contributed by atoms with van der Waals surface area (Å²) in [5, 5.41) is 10.1. The van der Waals surface area contributed by atoms with Crippen LogP contribution in [0.3, 0.4) is 0 Å². The second-order valence-electron chi connectivity index (χ2n) is 4.90. The molecule has 0 aliphatic carbocycles. The Morgan fingerprint density at radius 1 is 1.19 bits per heavy atom. The minimum atomic E-state index is 0.645. The summed E-state index contributed by atoms with van der Waals surface area (Å²) in [7, 11) is 1.65. The first-order valence-corrected chi connectivity index (χ1v) is 6.62. The molecular weight excluding hydrogens is 262 g/mol. The van der Waals surface area contributed by atoms with Gasteiger partial charge in [0.1, 0.15) is 5.75 Å². The number of anilines is 1. The van der Waals surface area contributed by atoms with Crippen LogP contribution in [0.5, 0.6) is 5.75 Å². The number of hydrogen-bond acceptors (Lipinski definition) is 3. The van der Waals surface area contributed by atoms with Crippen molar-refractivity contribution in [2.24, 2.45) is 0 Å². The Balaban J connectivity index is 2.06. The zero-order chi connectivity index (χ0) is 14.8. The van der Waals surface area contributed by atoms with Crippen molar-refractivity contribution >= 4 is 16.6 Å². The molecule has 0 radical (unpaired) electrons. The smallest absolute Gasteiger partial charge is 0.124 e. The fourth-order valence-corrected chi connectivity index (χ4v) is 2.50. The van der Waals surface area contributed by atoms with Crippen LogP contribution < -0.4 is 10.5 Å². The Hall–Kier alpha value is -2.93. The molecule has 0 aliphatic heterocycles. The summed E-state index contributed by atoms with van der Waals surface area (Å²) >= 11 is 0. The Morgan fingerprint density at radius 2 is 2.05 bits per heavy atom. The molecule has 4 heteroatoms. The Morgan fingerprint density at radius 3 is 2.81 bits per heavy atom. The number of benzene rings is 2. The van der Waals surface area contributed by atoms with Crippen molar-refractivity contribution in [1.29, 1.82) is 5.26 Å². The minimum Gasteiger partial charge on any atom is -0.496 e. The number of hydrogen-bond donors (Lipinski definition) is 1. The van der Waals surface area contributed by atoms with Crippen LogP contribution in [0.1, 0.15) is 11.1 Å². The summed E-state index contributed by atoms with van der Waals surface area (Å²) in [6, 6.07) is 15.5. The molecule has 2 aromatic carbocycles. The molecule has 0 fully saturated rings. The number of rotatable bonds is 3. The highest BCUT2D eigenvalue weighted by atomic mass is 16.5. The Kier molecular flexibility index (Phi) is 3.25. The molecule has 3 aromatic rings. The average molecular weight is 277 g/mol. The fourth-order valence-electron chi connectivity index (χ4n) is 2.50. The Bertz CT molecular complexity index is 843. The molecule has 0 bridgehead atoms. The lowest BCUT2D eigenvalue weighted by Gasteiger charge is -2.11. The van der Waals surface area contributed by atoms with Crippen molar-refractivity contribution in [3.05, 3.63) is 59.8 Å². The topological polar surface area (TPSA) is 64.0 Å². The van der Waals surface area contributed by atoms with Gasteiger partial charge in [-0.2, -0.15) is 5.26 Å². The maximum Gasteiger partial charge on any atom is 0.124 e. The van der Waals surface area contributed by atoms with E-state index in [1.807, 2.05) is 48.7 Å². The van der Waals surface area contributed by atoms with E-state index in [2.05, 4.69) is 10.6 Å². The van der Waals surface area contributed by atoms with E-state index in [9.17, 15) is 0 Å². The number of ether oxygens (including phenoxy) is 1. The number of fused-ring (bicyclic) bond motifs is 1. The molecule has 2 N–H and O–H groups in total. The number of aromatic nitrogens is 1. The third-order valence-corrected chi connectivity index (χ3v) is 3.55. The zero-order valence-corrected chi connectivity index (χ0v) is 11.7. The number of methoxy groups -OCH3 is 1. The molecule has 0 aliphatic rings. The lowest BCUT2D eigenvalue weighted by molar-refractivity contribution is 0.408. The van der Waals surface area contributed by atoms with Crippen LogP contribution in [-0.4, -0.2) is 11.7 Å². The van der Waals surface area contributed by atoms with Gasteiger partial charge in [0.25, 0.3) is 0 Å². The van der Waals surface area contributed by atoms with Gasteiger partial charge in [-0.1, -0.05) is 6.07 Å². The molecule has 104 valence electrons. The van der Waals surface area contributed by atoms with Crippen LogP contribution >= 0.6 is 0 Å². The third-order valence-electron chi connectivity index (χ3n) is 3.55.